The molecule has 1 aromatic heterocycles. The summed E-state index contributed by atoms with van der Waals surface area (Å²) in [6.45, 7) is 2.24. The van der Waals surface area contributed by atoms with Crippen molar-refractivity contribution in [1.82, 2.24) is 8.75 Å². The largest absolute Gasteiger partial charge is 0.323 e. The molecule has 0 spiro atoms. The van der Waals surface area contributed by atoms with Crippen LogP contribution in [0.15, 0.2) is 6.20 Å². The van der Waals surface area contributed by atoms with E-state index in [1.807, 2.05) is 0 Å². The average molecular weight is 227 g/mol. The minimum absolute atomic E-state index is 0.0925. The summed E-state index contributed by atoms with van der Waals surface area (Å²) in [6.07, 6.45) is 10.7. The molecule has 0 aliphatic rings. The highest BCUT2D eigenvalue weighted by Gasteiger charge is 2.07. The Morgan fingerprint density at radius 3 is 2.67 bits per heavy atom. The summed E-state index contributed by atoms with van der Waals surface area (Å²) in [7, 11) is 0. The van der Waals surface area contributed by atoms with Gasteiger partial charge in [0.15, 0.2) is 0 Å². The van der Waals surface area contributed by atoms with Crippen LogP contribution in [0.2, 0.25) is 0 Å². The highest BCUT2D eigenvalue weighted by atomic mass is 32.1. The summed E-state index contributed by atoms with van der Waals surface area (Å²) in [4.78, 5) is 0. The molecule has 0 saturated carbocycles. The predicted octanol–water partition coefficient (Wildman–Crippen LogP) is 3.29. The smallest absolute Gasteiger partial charge is 0.0910 e. The molecule has 1 aromatic rings. The van der Waals surface area contributed by atoms with Gasteiger partial charge in [0.2, 0.25) is 0 Å². The second-order valence-electron chi connectivity index (χ2n) is 4.00. The normalized spacial score (nSPS) is 12.9. The Labute approximate surface area is 96.4 Å². The highest BCUT2D eigenvalue weighted by molar-refractivity contribution is 6.99. The van der Waals surface area contributed by atoms with E-state index in [2.05, 4.69) is 15.7 Å². The van der Waals surface area contributed by atoms with Crippen LogP contribution >= 0.6 is 11.7 Å². The fraction of sp³-hybridized carbons (Fsp3) is 0.818. The molecule has 1 atom stereocenters. The number of hydrogen-bond donors (Lipinski definition) is 1. The van der Waals surface area contributed by atoms with Crippen molar-refractivity contribution in [1.29, 1.82) is 0 Å². The van der Waals surface area contributed by atoms with Gasteiger partial charge < -0.3 is 5.73 Å². The molecule has 1 heterocycles. The molecule has 1 unspecified atom stereocenters. The Balaban J connectivity index is 2.00. The predicted molar refractivity (Wildman–Crippen MR) is 64.8 cm³/mol. The van der Waals surface area contributed by atoms with Gasteiger partial charge >= 0.3 is 0 Å². The first kappa shape index (κ1) is 12.6. The van der Waals surface area contributed by atoms with Crippen LogP contribution in [-0.2, 0) is 0 Å². The molecule has 2 N–H and O–H groups in total. The maximum absolute atomic E-state index is 5.98. The molecule has 4 heteroatoms. The van der Waals surface area contributed by atoms with Crippen LogP contribution in [0.5, 0.6) is 0 Å². The molecule has 0 radical (unpaired) electrons. The summed E-state index contributed by atoms with van der Waals surface area (Å²) in [5.74, 6) is 0. The summed E-state index contributed by atoms with van der Waals surface area (Å²) < 4.78 is 8.11. The lowest BCUT2D eigenvalue weighted by Gasteiger charge is -2.07. The van der Waals surface area contributed by atoms with E-state index in [0.717, 1.165) is 12.1 Å². The Morgan fingerprint density at radius 1 is 1.27 bits per heavy atom. The van der Waals surface area contributed by atoms with Crippen LogP contribution in [0, 0.1) is 0 Å². The average Bonchev–Trinajstić information content (AvgIpc) is 2.76. The van der Waals surface area contributed by atoms with Crippen LogP contribution in [0.1, 0.15) is 63.6 Å². The topological polar surface area (TPSA) is 51.8 Å². The first-order valence-corrected chi connectivity index (χ1v) is 6.60. The fourth-order valence-electron chi connectivity index (χ4n) is 1.63. The Hall–Kier alpha value is -0.480. The quantitative estimate of drug-likeness (QED) is 0.693. The van der Waals surface area contributed by atoms with E-state index in [-0.39, 0.29) is 6.04 Å². The summed E-state index contributed by atoms with van der Waals surface area (Å²) in [5, 5.41) is 0. The van der Waals surface area contributed by atoms with Crippen molar-refractivity contribution in [3.8, 4) is 0 Å². The second-order valence-corrected chi connectivity index (χ2v) is 4.55. The molecule has 86 valence electrons. The van der Waals surface area contributed by atoms with Gasteiger partial charge in [-0.15, -0.1) is 0 Å². The molecule has 1 rings (SSSR count). The molecule has 0 fully saturated rings. The van der Waals surface area contributed by atoms with E-state index in [4.69, 9.17) is 5.73 Å². The van der Waals surface area contributed by atoms with Crippen molar-refractivity contribution in [2.24, 2.45) is 5.73 Å². The minimum atomic E-state index is 0.0925. The number of aromatic nitrogens is 2. The summed E-state index contributed by atoms with van der Waals surface area (Å²) in [5.41, 5.74) is 6.94. The van der Waals surface area contributed by atoms with Crippen molar-refractivity contribution < 1.29 is 0 Å². The first-order valence-electron chi connectivity index (χ1n) is 5.87. The van der Waals surface area contributed by atoms with Gasteiger partial charge in [0.05, 0.1) is 23.6 Å². The van der Waals surface area contributed by atoms with E-state index in [1.54, 1.807) is 6.20 Å². The van der Waals surface area contributed by atoms with Crippen molar-refractivity contribution in [3.05, 3.63) is 11.9 Å². The molecule has 3 nitrogen and oxygen atoms in total. The second kappa shape index (κ2) is 7.77. The lowest BCUT2D eigenvalue weighted by molar-refractivity contribution is 0.542. The number of unbranched alkanes of at least 4 members (excludes halogenated alkanes) is 5. The zero-order valence-electron chi connectivity index (χ0n) is 9.48. The maximum Gasteiger partial charge on any atom is 0.0910 e. The third-order valence-electron chi connectivity index (χ3n) is 2.63. The van der Waals surface area contributed by atoms with Crippen molar-refractivity contribution in [3.63, 3.8) is 0 Å². The van der Waals surface area contributed by atoms with Crippen molar-refractivity contribution in [2.75, 3.05) is 0 Å². The lowest BCUT2D eigenvalue weighted by atomic mass is 10.0. The number of rotatable bonds is 8. The van der Waals surface area contributed by atoms with E-state index in [9.17, 15) is 0 Å². The molecule has 0 saturated heterocycles. The van der Waals surface area contributed by atoms with Crippen LogP contribution < -0.4 is 5.73 Å². The highest BCUT2D eigenvalue weighted by Crippen LogP contribution is 2.16. The van der Waals surface area contributed by atoms with E-state index >= 15 is 0 Å². The van der Waals surface area contributed by atoms with Gasteiger partial charge in [0, 0.05) is 6.04 Å². The third kappa shape index (κ3) is 5.23. The molecule has 0 amide bonds. The van der Waals surface area contributed by atoms with E-state index in [1.165, 1.54) is 50.3 Å². The number of nitrogens with zero attached hydrogens (tertiary/aromatic N) is 2. The molecular formula is C11H21N3S. The molecule has 0 aromatic carbocycles. The minimum Gasteiger partial charge on any atom is -0.323 e. The number of nitrogens with two attached hydrogens (primary N) is 1. The zero-order chi connectivity index (χ0) is 10.9. The van der Waals surface area contributed by atoms with Gasteiger partial charge in [-0.3, -0.25) is 0 Å². The van der Waals surface area contributed by atoms with Gasteiger partial charge in [-0.25, -0.2) is 0 Å². The van der Waals surface area contributed by atoms with Gasteiger partial charge in [0.25, 0.3) is 0 Å². The molecule has 0 aliphatic carbocycles. The van der Waals surface area contributed by atoms with Crippen LogP contribution in [-0.4, -0.2) is 8.75 Å². The summed E-state index contributed by atoms with van der Waals surface area (Å²) >= 11 is 1.24. The fourth-order valence-corrected chi connectivity index (χ4v) is 2.11. The summed E-state index contributed by atoms with van der Waals surface area (Å²) in [6, 6.07) is 0.0925. The zero-order valence-corrected chi connectivity index (χ0v) is 10.3. The Bertz CT molecular complexity index is 236. The molecular weight excluding hydrogens is 206 g/mol. The van der Waals surface area contributed by atoms with Gasteiger partial charge in [-0.05, 0) is 6.42 Å². The molecule has 15 heavy (non-hydrogen) atoms. The van der Waals surface area contributed by atoms with Crippen LogP contribution in [0.3, 0.4) is 0 Å². The lowest BCUT2D eigenvalue weighted by Crippen LogP contribution is -2.10. The van der Waals surface area contributed by atoms with E-state index < -0.39 is 0 Å². The van der Waals surface area contributed by atoms with Gasteiger partial charge in [-0.1, -0.05) is 45.4 Å². The standard InChI is InChI=1S/C11H21N3S/c1-2-3-4-5-6-7-8-10(12)11-9-13-15-14-11/h9-10H,2-8,12H2,1H3. The Morgan fingerprint density at radius 2 is 2.00 bits per heavy atom. The molecule has 0 bridgehead atoms. The Kier molecular flexibility index (Phi) is 6.52. The number of hydrogen-bond acceptors (Lipinski definition) is 4. The SMILES string of the molecule is CCCCCCCCC(N)c1cnsn1. The third-order valence-corrected chi connectivity index (χ3v) is 3.12. The van der Waals surface area contributed by atoms with Crippen LogP contribution in [0.25, 0.3) is 0 Å². The maximum atomic E-state index is 5.98. The van der Waals surface area contributed by atoms with Gasteiger partial charge in [-0.2, -0.15) is 8.75 Å². The van der Waals surface area contributed by atoms with Gasteiger partial charge in [0.1, 0.15) is 0 Å². The first-order chi connectivity index (χ1) is 7.34. The van der Waals surface area contributed by atoms with Crippen molar-refractivity contribution >= 4 is 11.7 Å². The van der Waals surface area contributed by atoms with E-state index in [0.29, 0.717) is 0 Å². The monoisotopic (exact) mass is 227 g/mol. The van der Waals surface area contributed by atoms with Crippen LogP contribution in [0.4, 0.5) is 0 Å². The molecule has 0 aliphatic heterocycles. The van der Waals surface area contributed by atoms with Crippen molar-refractivity contribution in [2.45, 2.75) is 57.9 Å².